The molecule has 1 aromatic heterocycles. The summed E-state index contributed by atoms with van der Waals surface area (Å²) in [6.45, 7) is 4.00. The van der Waals surface area contributed by atoms with Gasteiger partial charge in [-0.3, -0.25) is 4.79 Å². The van der Waals surface area contributed by atoms with Crippen LogP contribution in [-0.2, 0) is 4.74 Å². The van der Waals surface area contributed by atoms with Gasteiger partial charge in [-0.05, 0) is 6.07 Å². The zero-order valence-corrected chi connectivity index (χ0v) is 11.3. The average molecular weight is 293 g/mol. The van der Waals surface area contributed by atoms with E-state index in [2.05, 4.69) is 20.7 Å². The van der Waals surface area contributed by atoms with Gasteiger partial charge in [0.15, 0.2) is 5.78 Å². The Hall–Kier alpha value is -0.680. The second-order valence-electron chi connectivity index (χ2n) is 2.25. The van der Waals surface area contributed by atoms with E-state index in [1.807, 2.05) is 13.8 Å². The highest BCUT2D eigenvalue weighted by atomic mass is 79.9. The summed E-state index contributed by atoms with van der Waals surface area (Å²) in [6, 6.07) is 1.54. The van der Waals surface area contributed by atoms with E-state index in [0.29, 0.717) is 10.4 Å². The normalized spacial score (nSPS) is 8.80. The molecule has 0 saturated heterocycles. The van der Waals surface area contributed by atoms with Crippen molar-refractivity contribution in [1.29, 1.82) is 0 Å². The fourth-order valence-electron chi connectivity index (χ4n) is 0.767. The summed E-state index contributed by atoms with van der Waals surface area (Å²) in [7, 11) is 1.31. The highest BCUT2D eigenvalue weighted by Crippen LogP contribution is 2.16. The van der Waals surface area contributed by atoms with Crippen molar-refractivity contribution in [3.05, 3.63) is 21.9 Å². The predicted octanol–water partition coefficient (Wildman–Crippen LogP) is 3.14. The number of carbonyl (C=O) groups is 2. The third-order valence-electron chi connectivity index (χ3n) is 1.43. The van der Waals surface area contributed by atoms with Crippen molar-refractivity contribution in [2.45, 2.75) is 13.8 Å². The van der Waals surface area contributed by atoms with E-state index < -0.39 is 5.97 Å². The lowest BCUT2D eigenvalue weighted by Gasteiger charge is -1.91. The number of alkyl halides is 1. The van der Waals surface area contributed by atoms with Gasteiger partial charge in [0.2, 0.25) is 0 Å². The van der Waals surface area contributed by atoms with Crippen molar-refractivity contribution in [1.82, 2.24) is 0 Å². The molecule has 15 heavy (non-hydrogen) atoms. The first kappa shape index (κ1) is 14.3. The number of carbonyl (C=O) groups excluding carboxylic acids is 2. The third kappa shape index (κ3) is 4.13. The molecule has 0 fully saturated rings. The highest BCUT2D eigenvalue weighted by molar-refractivity contribution is 9.09. The van der Waals surface area contributed by atoms with Gasteiger partial charge in [-0.2, -0.15) is 0 Å². The minimum Gasteiger partial charge on any atom is -0.465 e. The van der Waals surface area contributed by atoms with Crippen molar-refractivity contribution < 1.29 is 14.3 Å². The van der Waals surface area contributed by atoms with Crippen LogP contribution in [0.3, 0.4) is 0 Å². The highest BCUT2D eigenvalue weighted by Gasteiger charge is 2.12. The molecule has 0 saturated carbocycles. The number of esters is 1. The number of rotatable bonds is 3. The van der Waals surface area contributed by atoms with Gasteiger partial charge in [-0.1, -0.05) is 29.8 Å². The number of ketones is 1. The zero-order chi connectivity index (χ0) is 11.8. The molecule has 0 aliphatic rings. The summed E-state index contributed by atoms with van der Waals surface area (Å²) >= 11 is 4.26. The molecule has 0 bridgehead atoms. The summed E-state index contributed by atoms with van der Waals surface area (Å²) in [4.78, 5) is 22.6. The Labute approximate surface area is 102 Å². The van der Waals surface area contributed by atoms with Crippen molar-refractivity contribution in [2.24, 2.45) is 0 Å². The Morgan fingerprint density at radius 1 is 1.47 bits per heavy atom. The van der Waals surface area contributed by atoms with Crippen molar-refractivity contribution in [2.75, 3.05) is 12.4 Å². The van der Waals surface area contributed by atoms with Crippen molar-refractivity contribution >= 4 is 39.0 Å². The van der Waals surface area contributed by atoms with Crippen LogP contribution in [0.25, 0.3) is 0 Å². The maximum atomic E-state index is 11.1. The molecule has 0 unspecified atom stereocenters. The number of ether oxygens (including phenoxy) is 1. The molecule has 5 heteroatoms. The smallest absolute Gasteiger partial charge is 0.348 e. The fourth-order valence-corrected chi connectivity index (χ4v) is 1.92. The molecular formula is C10H13BrO3S. The molecule has 0 radical (unpaired) electrons. The van der Waals surface area contributed by atoms with E-state index in [9.17, 15) is 9.59 Å². The van der Waals surface area contributed by atoms with E-state index >= 15 is 0 Å². The largest absolute Gasteiger partial charge is 0.465 e. The van der Waals surface area contributed by atoms with Gasteiger partial charge < -0.3 is 4.74 Å². The lowest BCUT2D eigenvalue weighted by molar-refractivity contribution is 0.0606. The SMILES string of the molecule is CC.COC(=O)c1cc(C(=O)CBr)cs1. The first-order valence-corrected chi connectivity index (χ1v) is 6.45. The summed E-state index contributed by atoms with van der Waals surface area (Å²) in [6.07, 6.45) is 0. The monoisotopic (exact) mass is 292 g/mol. The van der Waals surface area contributed by atoms with Crippen LogP contribution in [0.2, 0.25) is 0 Å². The molecule has 0 spiro atoms. The summed E-state index contributed by atoms with van der Waals surface area (Å²) in [5, 5.41) is 1.92. The molecule has 0 atom stereocenters. The van der Waals surface area contributed by atoms with Gasteiger partial charge in [0.25, 0.3) is 0 Å². The van der Waals surface area contributed by atoms with Gasteiger partial charge in [-0.25, -0.2) is 4.79 Å². The zero-order valence-electron chi connectivity index (χ0n) is 8.87. The number of hydrogen-bond acceptors (Lipinski definition) is 4. The standard InChI is InChI=1S/C8H7BrO3S.C2H6/c1-12-8(11)7-2-5(4-13-7)6(10)3-9;1-2/h2,4H,3H2,1H3;1-2H3. The Kier molecular flexibility index (Phi) is 7.25. The van der Waals surface area contributed by atoms with E-state index in [1.165, 1.54) is 18.4 Å². The van der Waals surface area contributed by atoms with Gasteiger partial charge in [0.05, 0.1) is 12.4 Å². The van der Waals surface area contributed by atoms with E-state index in [0.717, 1.165) is 0 Å². The maximum absolute atomic E-state index is 11.1. The minimum absolute atomic E-state index is 0.0357. The molecule has 0 aromatic carbocycles. The number of Topliss-reactive ketones (excluding diaryl/α,β-unsaturated/α-hetero) is 1. The first-order valence-electron chi connectivity index (χ1n) is 4.45. The number of thiophene rings is 1. The molecule has 1 heterocycles. The van der Waals surface area contributed by atoms with Crippen LogP contribution in [-0.4, -0.2) is 24.2 Å². The molecule has 0 aliphatic carbocycles. The maximum Gasteiger partial charge on any atom is 0.348 e. The van der Waals surface area contributed by atoms with Gasteiger partial charge in [0, 0.05) is 10.9 Å². The van der Waals surface area contributed by atoms with Crippen LogP contribution >= 0.6 is 27.3 Å². The summed E-state index contributed by atoms with van der Waals surface area (Å²) in [5.41, 5.74) is 0.544. The molecule has 84 valence electrons. The second-order valence-corrected chi connectivity index (χ2v) is 3.72. The summed E-state index contributed by atoms with van der Waals surface area (Å²) < 4.78 is 4.51. The first-order chi connectivity index (χ1) is 7.19. The quantitative estimate of drug-likeness (QED) is 0.488. The third-order valence-corrected chi connectivity index (χ3v) is 2.85. The van der Waals surface area contributed by atoms with Gasteiger partial charge >= 0.3 is 5.97 Å². The van der Waals surface area contributed by atoms with E-state index in [1.54, 1.807) is 11.4 Å². The van der Waals surface area contributed by atoms with E-state index in [4.69, 9.17) is 0 Å². The minimum atomic E-state index is -0.404. The number of halogens is 1. The van der Waals surface area contributed by atoms with E-state index in [-0.39, 0.29) is 11.1 Å². The summed E-state index contributed by atoms with van der Waals surface area (Å²) in [5.74, 6) is -0.440. The van der Waals surface area contributed by atoms with Crippen LogP contribution in [0, 0.1) is 0 Å². The van der Waals surface area contributed by atoms with Crippen molar-refractivity contribution in [3.8, 4) is 0 Å². The Morgan fingerprint density at radius 2 is 2.07 bits per heavy atom. The van der Waals surface area contributed by atoms with Crippen LogP contribution in [0.15, 0.2) is 11.4 Å². The van der Waals surface area contributed by atoms with Crippen LogP contribution < -0.4 is 0 Å². The van der Waals surface area contributed by atoms with Crippen LogP contribution in [0.5, 0.6) is 0 Å². The fraction of sp³-hybridized carbons (Fsp3) is 0.400. The molecule has 1 aromatic rings. The molecule has 3 nitrogen and oxygen atoms in total. The topological polar surface area (TPSA) is 43.4 Å². The number of hydrogen-bond donors (Lipinski definition) is 0. The Balaban J connectivity index is 0.000000921. The second kappa shape index (κ2) is 7.59. The van der Waals surface area contributed by atoms with Gasteiger partial charge in [-0.15, -0.1) is 11.3 Å². The number of methoxy groups -OCH3 is 1. The predicted molar refractivity (Wildman–Crippen MR) is 65.1 cm³/mol. The Morgan fingerprint density at radius 3 is 2.53 bits per heavy atom. The lowest BCUT2D eigenvalue weighted by atomic mass is 10.2. The van der Waals surface area contributed by atoms with Gasteiger partial charge in [0.1, 0.15) is 4.88 Å². The molecule has 1 rings (SSSR count). The Bertz CT molecular complexity index is 303. The molecule has 0 aliphatic heterocycles. The molecule has 0 N–H and O–H groups in total. The molecule has 0 amide bonds. The van der Waals surface area contributed by atoms with Crippen LogP contribution in [0.1, 0.15) is 33.9 Å². The van der Waals surface area contributed by atoms with Crippen molar-refractivity contribution in [3.63, 3.8) is 0 Å². The lowest BCUT2D eigenvalue weighted by Crippen LogP contribution is -1.99. The van der Waals surface area contributed by atoms with Crippen LogP contribution in [0.4, 0.5) is 0 Å². The molecular weight excluding hydrogens is 280 g/mol. The average Bonchev–Trinajstić information content (AvgIpc) is 2.79.